The Labute approximate surface area is 197 Å². The lowest BCUT2D eigenvalue weighted by atomic mass is 9.96. The molecule has 34 heavy (non-hydrogen) atoms. The second kappa shape index (κ2) is 9.81. The smallest absolute Gasteiger partial charge is 0.339 e. The van der Waals surface area contributed by atoms with Gasteiger partial charge in [-0.05, 0) is 76.7 Å². The van der Waals surface area contributed by atoms with Crippen molar-refractivity contribution in [1.82, 2.24) is 10.2 Å². The van der Waals surface area contributed by atoms with E-state index in [2.05, 4.69) is 10.2 Å². The molecule has 2 heterocycles. The summed E-state index contributed by atoms with van der Waals surface area (Å²) in [5.74, 6) is -0.389. The van der Waals surface area contributed by atoms with Gasteiger partial charge < -0.3 is 19.1 Å². The van der Waals surface area contributed by atoms with Gasteiger partial charge >= 0.3 is 5.63 Å². The van der Waals surface area contributed by atoms with Crippen molar-refractivity contribution in [2.45, 2.75) is 33.1 Å². The van der Waals surface area contributed by atoms with E-state index in [4.69, 9.17) is 8.83 Å². The van der Waals surface area contributed by atoms with Crippen LogP contribution in [-0.4, -0.2) is 38.0 Å². The minimum atomic E-state index is -0.432. The number of carbonyl (C=O) groups is 1. The van der Waals surface area contributed by atoms with Crippen LogP contribution < -0.4 is 10.9 Å². The molecule has 0 unspecified atom stereocenters. The predicted molar refractivity (Wildman–Crippen MR) is 132 cm³/mol. The summed E-state index contributed by atoms with van der Waals surface area (Å²) < 4.78 is 24.9. The molecule has 0 fully saturated rings. The van der Waals surface area contributed by atoms with Gasteiger partial charge in [0.05, 0.1) is 6.26 Å². The zero-order chi connectivity index (χ0) is 24.4. The Morgan fingerprint density at radius 3 is 2.50 bits per heavy atom. The van der Waals surface area contributed by atoms with E-state index in [1.807, 2.05) is 34.0 Å². The third-order valence-electron chi connectivity index (χ3n) is 6.20. The number of aryl methyl sites for hydroxylation is 2. The Morgan fingerprint density at radius 1 is 1.06 bits per heavy atom. The van der Waals surface area contributed by atoms with Crippen molar-refractivity contribution in [3.8, 4) is 11.1 Å². The van der Waals surface area contributed by atoms with Crippen LogP contribution in [0.3, 0.4) is 0 Å². The van der Waals surface area contributed by atoms with Crippen LogP contribution in [0.1, 0.15) is 29.5 Å². The number of carbonyl (C=O) groups excluding carboxylic acids is 1. The maximum atomic E-state index is 13.4. The molecule has 1 amide bonds. The Kier molecular flexibility index (Phi) is 6.84. The first-order valence-corrected chi connectivity index (χ1v) is 11.4. The van der Waals surface area contributed by atoms with Crippen LogP contribution in [0.15, 0.2) is 50.2 Å². The highest BCUT2D eigenvalue weighted by atomic mass is 19.1. The number of hydrogen-bond acceptors (Lipinski definition) is 5. The minimum Gasteiger partial charge on any atom is -0.463 e. The van der Waals surface area contributed by atoms with E-state index in [-0.39, 0.29) is 18.1 Å². The Balaban J connectivity index is 1.65. The van der Waals surface area contributed by atoms with E-state index in [0.717, 1.165) is 46.0 Å². The lowest BCUT2D eigenvalue weighted by molar-refractivity contribution is -0.121. The lowest BCUT2D eigenvalue weighted by Crippen LogP contribution is -2.27. The van der Waals surface area contributed by atoms with E-state index in [9.17, 15) is 14.0 Å². The van der Waals surface area contributed by atoms with E-state index >= 15 is 0 Å². The molecule has 4 rings (SSSR count). The van der Waals surface area contributed by atoms with Gasteiger partial charge in [-0.2, -0.15) is 0 Å². The van der Waals surface area contributed by atoms with Gasteiger partial charge in [-0.3, -0.25) is 4.79 Å². The van der Waals surface area contributed by atoms with Gasteiger partial charge in [0.15, 0.2) is 0 Å². The largest absolute Gasteiger partial charge is 0.463 e. The van der Waals surface area contributed by atoms with Crippen molar-refractivity contribution in [3.63, 3.8) is 0 Å². The van der Waals surface area contributed by atoms with Gasteiger partial charge in [0.25, 0.3) is 0 Å². The van der Waals surface area contributed by atoms with Crippen molar-refractivity contribution >= 4 is 27.8 Å². The summed E-state index contributed by atoms with van der Waals surface area (Å²) >= 11 is 0. The first-order chi connectivity index (χ1) is 16.3. The first-order valence-electron chi connectivity index (χ1n) is 11.4. The first kappa shape index (κ1) is 23.7. The molecule has 0 aliphatic carbocycles. The molecule has 0 spiro atoms. The molecule has 0 aliphatic heterocycles. The van der Waals surface area contributed by atoms with Crippen molar-refractivity contribution in [3.05, 3.63) is 69.5 Å². The van der Waals surface area contributed by atoms with Crippen LogP contribution in [0, 0.1) is 19.7 Å². The third kappa shape index (κ3) is 4.75. The fraction of sp³-hybridized carbons (Fsp3) is 0.333. The average molecular weight is 465 g/mol. The number of nitrogens with one attached hydrogen (secondary N) is 1. The van der Waals surface area contributed by atoms with E-state index < -0.39 is 5.63 Å². The SMILES string of the molecule is Cc1c(CCC(=O)NCCCN(C)C)c(=O)oc2c(C)c3occ(-c4ccc(F)cc4)c3cc12. The quantitative estimate of drug-likeness (QED) is 0.295. The predicted octanol–water partition coefficient (Wildman–Crippen LogP) is 4.96. The normalized spacial score (nSPS) is 11.6. The molecular weight excluding hydrogens is 435 g/mol. The molecule has 4 aromatic rings. The molecule has 178 valence electrons. The summed E-state index contributed by atoms with van der Waals surface area (Å²) in [7, 11) is 3.98. The number of furan rings is 1. The second-order valence-corrected chi connectivity index (χ2v) is 8.91. The van der Waals surface area contributed by atoms with Crippen molar-refractivity contribution in [1.29, 1.82) is 0 Å². The van der Waals surface area contributed by atoms with Gasteiger partial charge in [0.1, 0.15) is 17.0 Å². The summed E-state index contributed by atoms with van der Waals surface area (Å²) in [6, 6.07) is 8.19. The number of nitrogens with zero attached hydrogens (tertiary/aromatic N) is 1. The molecule has 7 heteroatoms. The van der Waals surface area contributed by atoms with Gasteiger partial charge in [-0.25, -0.2) is 9.18 Å². The molecule has 2 aromatic heterocycles. The minimum absolute atomic E-state index is 0.0854. The molecule has 6 nitrogen and oxygen atoms in total. The number of hydrogen-bond donors (Lipinski definition) is 1. The standard InChI is InChI=1S/C27H29FN2O4/c1-16-20(10-11-24(31)29-12-5-13-30(3)4)27(32)34-26-17(2)25-22(14-21(16)26)23(15-33-25)18-6-8-19(28)9-7-18/h6-9,14-15H,5,10-13H2,1-4H3,(H,29,31). The van der Waals surface area contributed by atoms with E-state index in [1.54, 1.807) is 18.4 Å². The van der Waals surface area contributed by atoms with E-state index in [1.165, 1.54) is 12.1 Å². The zero-order valence-electron chi connectivity index (χ0n) is 20.0. The topological polar surface area (TPSA) is 75.7 Å². The summed E-state index contributed by atoms with van der Waals surface area (Å²) in [5, 5.41) is 4.57. The highest BCUT2D eigenvalue weighted by Gasteiger charge is 2.19. The summed E-state index contributed by atoms with van der Waals surface area (Å²) in [4.78, 5) is 27.1. The molecule has 0 atom stereocenters. The summed E-state index contributed by atoms with van der Waals surface area (Å²) in [5.41, 5.74) is 4.37. The third-order valence-corrected chi connectivity index (χ3v) is 6.20. The number of amides is 1. The maximum Gasteiger partial charge on any atom is 0.339 e. The molecule has 0 saturated heterocycles. The lowest BCUT2D eigenvalue weighted by Gasteiger charge is -2.11. The van der Waals surface area contributed by atoms with E-state index in [0.29, 0.717) is 29.7 Å². The molecule has 2 aromatic carbocycles. The van der Waals surface area contributed by atoms with Gasteiger partial charge in [-0.1, -0.05) is 12.1 Å². The molecule has 0 bridgehead atoms. The summed E-state index contributed by atoms with van der Waals surface area (Å²) in [6.45, 7) is 5.24. The fourth-order valence-electron chi connectivity index (χ4n) is 4.29. The van der Waals surface area contributed by atoms with Crippen LogP contribution >= 0.6 is 0 Å². The summed E-state index contributed by atoms with van der Waals surface area (Å²) in [6.07, 6.45) is 3.02. The highest BCUT2D eigenvalue weighted by molar-refractivity contribution is 6.04. The highest BCUT2D eigenvalue weighted by Crippen LogP contribution is 2.37. The number of halogens is 1. The Hall–Kier alpha value is -3.45. The molecule has 0 radical (unpaired) electrons. The van der Waals surface area contributed by atoms with Crippen molar-refractivity contribution in [2.24, 2.45) is 0 Å². The molecule has 0 saturated carbocycles. The molecular formula is C27H29FN2O4. The van der Waals surface area contributed by atoms with Crippen LogP contribution in [0.25, 0.3) is 33.1 Å². The van der Waals surface area contributed by atoms with Crippen molar-refractivity contribution in [2.75, 3.05) is 27.2 Å². The Morgan fingerprint density at radius 2 is 1.79 bits per heavy atom. The van der Waals surface area contributed by atoms with Crippen LogP contribution in [-0.2, 0) is 11.2 Å². The second-order valence-electron chi connectivity index (χ2n) is 8.91. The van der Waals surface area contributed by atoms with Crippen LogP contribution in [0.2, 0.25) is 0 Å². The van der Waals surface area contributed by atoms with Crippen molar-refractivity contribution < 1.29 is 18.0 Å². The Bertz CT molecular complexity index is 1400. The van der Waals surface area contributed by atoms with Gasteiger partial charge in [0.2, 0.25) is 5.91 Å². The number of fused-ring (bicyclic) bond motifs is 2. The number of benzene rings is 2. The monoisotopic (exact) mass is 464 g/mol. The fourth-order valence-corrected chi connectivity index (χ4v) is 4.29. The maximum absolute atomic E-state index is 13.4. The zero-order valence-corrected chi connectivity index (χ0v) is 20.0. The average Bonchev–Trinajstić information content (AvgIpc) is 3.22. The van der Waals surface area contributed by atoms with Gasteiger partial charge in [0, 0.05) is 40.4 Å². The molecule has 1 N–H and O–H groups in total. The molecule has 0 aliphatic rings. The van der Waals surface area contributed by atoms with Gasteiger partial charge in [-0.15, -0.1) is 0 Å². The number of rotatable bonds is 8. The van der Waals surface area contributed by atoms with Crippen LogP contribution in [0.4, 0.5) is 4.39 Å². The van der Waals surface area contributed by atoms with Crippen LogP contribution in [0.5, 0.6) is 0 Å².